The Labute approximate surface area is 119 Å². The number of benzene rings is 2. The fourth-order valence-electron chi connectivity index (χ4n) is 2.53. The minimum Gasteiger partial charge on any atom is -0.318 e. The normalized spacial score (nSPS) is 14.2. The number of aryl methyl sites for hydroxylation is 1. The monoisotopic (exact) mass is 262 g/mol. The van der Waals surface area contributed by atoms with Crippen molar-refractivity contribution in [2.45, 2.75) is 19.4 Å². The van der Waals surface area contributed by atoms with Crippen molar-refractivity contribution in [1.29, 1.82) is 0 Å². The second kappa shape index (κ2) is 4.73. The van der Waals surface area contributed by atoms with E-state index in [1.54, 1.807) is 0 Å². The van der Waals surface area contributed by atoms with Crippen molar-refractivity contribution in [2.24, 2.45) is 5.73 Å². The van der Waals surface area contributed by atoms with Gasteiger partial charge in [-0.2, -0.15) is 0 Å². The van der Waals surface area contributed by atoms with Crippen molar-refractivity contribution in [3.63, 3.8) is 0 Å². The quantitative estimate of drug-likeness (QED) is 0.763. The lowest BCUT2D eigenvalue weighted by Gasteiger charge is -2.26. The standard InChI is InChI=1S/C18H18N2/c1-13-5-3-7-15(11-13)18(2,19)16-8-9-17-14(12-16)6-4-10-20-17/h3-12H,19H2,1-2H3. The maximum atomic E-state index is 6.60. The van der Waals surface area contributed by atoms with Crippen LogP contribution in [-0.4, -0.2) is 4.98 Å². The summed E-state index contributed by atoms with van der Waals surface area (Å²) in [5.41, 5.74) is 10.5. The number of hydrogen-bond donors (Lipinski definition) is 1. The summed E-state index contributed by atoms with van der Waals surface area (Å²) in [4.78, 5) is 4.35. The van der Waals surface area contributed by atoms with E-state index in [9.17, 15) is 0 Å². The molecule has 1 aromatic heterocycles. The first-order valence-corrected chi connectivity index (χ1v) is 6.79. The zero-order valence-electron chi connectivity index (χ0n) is 11.8. The first-order valence-electron chi connectivity index (χ1n) is 6.79. The number of nitrogens with zero attached hydrogens (tertiary/aromatic N) is 1. The lowest BCUT2D eigenvalue weighted by atomic mass is 9.84. The van der Waals surface area contributed by atoms with Crippen LogP contribution in [0.5, 0.6) is 0 Å². The maximum Gasteiger partial charge on any atom is 0.0702 e. The molecule has 0 radical (unpaired) electrons. The molecule has 100 valence electrons. The van der Waals surface area contributed by atoms with Gasteiger partial charge >= 0.3 is 0 Å². The molecule has 2 heteroatoms. The number of rotatable bonds is 2. The summed E-state index contributed by atoms with van der Waals surface area (Å²) in [6, 6.07) is 18.6. The number of hydrogen-bond acceptors (Lipinski definition) is 2. The molecule has 3 aromatic rings. The van der Waals surface area contributed by atoms with Gasteiger partial charge in [0.05, 0.1) is 11.1 Å². The van der Waals surface area contributed by atoms with Crippen molar-refractivity contribution in [2.75, 3.05) is 0 Å². The van der Waals surface area contributed by atoms with Crippen LogP contribution in [0.2, 0.25) is 0 Å². The summed E-state index contributed by atoms with van der Waals surface area (Å²) >= 11 is 0. The zero-order valence-corrected chi connectivity index (χ0v) is 11.8. The van der Waals surface area contributed by atoms with Crippen LogP contribution in [0.15, 0.2) is 60.8 Å². The first kappa shape index (κ1) is 12.8. The fourth-order valence-corrected chi connectivity index (χ4v) is 2.53. The third-order valence-corrected chi connectivity index (χ3v) is 3.82. The lowest BCUT2D eigenvalue weighted by Crippen LogP contribution is -2.34. The topological polar surface area (TPSA) is 38.9 Å². The summed E-state index contributed by atoms with van der Waals surface area (Å²) in [6.07, 6.45) is 1.81. The molecule has 0 saturated heterocycles. The minimum atomic E-state index is -0.504. The highest BCUT2D eigenvalue weighted by Gasteiger charge is 2.23. The smallest absolute Gasteiger partial charge is 0.0702 e. The summed E-state index contributed by atoms with van der Waals surface area (Å²) < 4.78 is 0. The lowest BCUT2D eigenvalue weighted by molar-refractivity contribution is 0.603. The van der Waals surface area contributed by atoms with E-state index in [1.165, 1.54) is 5.56 Å². The molecule has 0 aliphatic carbocycles. The van der Waals surface area contributed by atoms with Gasteiger partial charge in [-0.05, 0) is 43.2 Å². The second-order valence-corrected chi connectivity index (χ2v) is 5.48. The molecular weight excluding hydrogens is 244 g/mol. The molecule has 0 bridgehead atoms. The van der Waals surface area contributed by atoms with Crippen LogP contribution in [0.25, 0.3) is 10.9 Å². The van der Waals surface area contributed by atoms with Gasteiger partial charge in [-0.25, -0.2) is 0 Å². The molecule has 0 fully saturated rings. The molecule has 0 aliphatic rings. The van der Waals surface area contributed by atoms with Gasteiger partial charge in [0.15, 0.2) is 0 Å². The largest absolute Gasteiger partial charge is 0.318 e. The predicted octanol–water partition coefficient (Wildman–Crippen LogP) is 3.77. The second-order valence-electron chi connectivity index (χ2n) is 5.48. The van der Waals surface area contributed by atoms with Crippen molar-refractivity contribution in [1.82, 2.24) is 4.98 Å². The van der Waals surface area contributed by atoms with E-state index in [2.05, 4.69) is 61.3 Å². The molecule has 2 aromatic carbocycles. The zero-order chi connectivity index (χ0) is 14.2. The molecule has 1 heterocycles. The fraction of sp³-hybridized carbons (Fsp3) is 0.167. The SMILES string of the molecule is Cc1cccc(C(C)(N)c2ccc3ncccc3c2)c1. The van der Waals surface area contributed by atoms with E-state index in [0.717, 1.165) is 22.0 Å². The molecule has 0 amide bonds. The molecule has 0 spiro atoms. The van der Waals surface area contributed by atoms with Crippen molar-refractivity contribution >= 4 is 10.9 Å². The summed E-state index contributed by atoms with van der Waals surface area (Å²) in [5.74, 6) is 0. The van der Waals surface area contributed by atoms with E-state index in [4.69, 9.17) is 5.73 Å². The van der Waals surface area contributed by atoms with Gasteiger partial charge < -0.3 is 5.73 Å². The Balaban J connectivity index is 2.13. The highest BCUT2D eigenvalue weighted by atomic mass is 14.7. The number of fused-ring (bicyclic) bond motifs is 1. The average molecular weight is 262 g/mol. The van der Waals surface area contributed by atoms with E-state index in [0.29, 0.717) is 0 Å². The molecule has 0 saturated carbocycles. The first-order chi connectivity index (χ1) is 9.57. The number of pyridine rings is 1. The van der Waals surface area contributed by atoms with Gasteiger partial charge in [0.2, 0.25) is 0 Å². The van der Waals surface area contributed by atoms with Gasteiger partial charge in [-0.1, -0.05) is 42.0 Å². The minimum absolute atomic E-state index is 0.504. The molecule has 3 rings (SSSR count). The van der Waals surface area contributed by atoms with Gasteiger partial charge in [0, 0.05) is 11.6 Å². The number of nitrogens with two attached hydrogens (primary N) is 1. The predicted molar refractivity (Wildman–Crippen MR) is 83.6 cm³/mol. The Bertz CT molecular complexity index is 760. The molecule has 0 aliphatic heterocycles. The number of aromatic nitrogens is 1. The van der Waals surface area contributed by atoms with Crippen LogP contribution < -0.4 is 5.73 Å². The van der Waals surface area contributed by atoms with Crippen LogP contribution in [0.1, 0.15) is 23.6 Å². The Morgan fingerprint density at radius 2 is 1.75 bits per heavy atom. The highest BCUT2D eigenvalue weighted by Crippen LogP contribution is 2.29. The van der Waals surface area contributed by atoms with Crippen molar-refractivity contribution in [3.05, 3.63) is 77.5 Å². The Morgan fingerprint density at radius 1 is 0.950 bits per heavy atom. The molecule has 2 nitrogen and oxygen atoms in total. The Kier molecular flexibility index (Phi) is 3.03. The maximum absolute atomic E-state index is 6.60. The third kappa shape index (κ3) is 2.19. The van der Waals surface area contributed by atoms with E-state index < -0.39 is 5.54 Å². The highest BCUT2D eigenvalue weighted by molar-refractivity contribution is 5.79. The third-order valence-electron chi connectivity index (χ3n) is 3.82. The van der Waals surface area contributed by atoms with E-state index in [-0.39, 0.29) is 0 Å². The molecule has 1 unspecified atom stereocenters. The van der Waals surface area contributed by atoms with Gasteiger partial charge in [-0.15, -0.1) is 0 Å². The van der Waals surface area contributed by atoms with E-state index in [1.807, 2.05) is 18.3 Å². The average Bonchev–Trinajstić information content (AvgIpc) is 2.46. The van der Waals surface area contributed by atoms with Crippen LogP contribution >= 0.6 is 0 Å². The molecule has 2 N–H and O–H groups in total. The molecular formula is C18H18N2. The molecule has 20 heavy (non-hydrogen) atoms. The van der Waals surface area contributed by atoms with Gasteiger partial charge in [-0.3, -0.25) is 4.98 Å². The van der Waals surface area contributed by atoms with Crippen LogP contribution in [0.4, 0.5) is 0 Å². The van der Waals surface area contributed by atoms with Crippen molar-refractivity contribution < 1.29 is 0 Å². The van der Waals surface area contributed by atoms with Crippen molar-refractivity contribution in [3.8, 4) is 0 Å². The summed E-state index contributed by atoms with van der Waals surface area (Å²) in [6.45, 7) is 4.14. The Hall–Kier alpha value is -2.19. The summed E-state index contributed by atoms with van der Waals surface area (Å²) in [5, 5.41) is 1.12. The van der Waals surface area contributed by atoms with Gasteiger partial charge in [0.1, 0.15) is 0 Å². The Morgan fingerprint density at radius 3 is 2.55 bits per heavy atom. The summed E-state index contributed by atoms with van der Waals surface area (Å²) in [7, 11) is 0. The van der Waals surface area contributed by atoms with Crippen LogP contribution in [0.3, 0.4) is 0 Å². The van der Waals surface area contributed by atoms with Crippen LogP contribution in [-0.2, 0) is 5.54 Å². The molecule has 1 atom stereocenters. The van der Waals surface area contributed by atoms with Crippen LogP contribution in [0, 0.1) is 6.92 Å². The van der Waals surface area contributed by atoms with E-state index >= 15 is 0 Å². The van der Waals surface area contributed by atoms with Gasteiger partial charge in [0.25, 0.3) is 0 Å².